The number of para-hydroxylation sites is 1. The van der Waals surface area contributed by atoms with Crippen LogP contribution in [0.15, 0.2) is 261 Å². The minimum absolute atomic E-state index is 0.641. The average Bonchev–Trinajstić information content (AvgIpc) is 3.43. The summed E-state index contributed by atoms with van der Waals surface area (Å²) in [5.41, 5.74) is 16.2. The molecule has 11 aromatic rings. The molecule has 0 heterocycles. The van der Waals surface area contributed by atoms with Crippen molar-refractivity contribution in [1.82, 2.24) is 0 Å². The maximum Gasteiger partial charge on any atom is 0.150 e. The SMILES string of the molecule is O=Cc1ccc(N(c2ccc(/C=C/c3ccccc3)cc2)c2ccc(-c3c4ccccc4c(-c4ccc(N(c5ccccc5)c5ccc(/C=C/c6ccccc6)cc5)cc4)c4ccccc34)cc2)cc1. The number of benzene rings is 11. The van der Waals surface area contributed by atoms with Crippen LogP contribution in [0.5, 0.6) is 0 Å². The molecule has 0 amide bonds. The number of rotatable bonds is 13. The largest absolute Gasteiger partial charge is 0.311 e. The summed E-state index contributed by atoms with van der Waals surface area (Å²) < 4.78 is 0. The highest BCUT2D eigenvalue weighted by Gasteiger charge is 2.19. The molecule has 0 unspecified atom stereocenters. The lowest BCUT2D eigenvalue weighted by Gasteiger charge is -2.26. The number of aldehydes is 1. The van der Waals surface area contributed by atoms with Gasteiger partial charge in [-0.25, -0.2) is 0 Å². The monoisotopic (exact) mass is 896 g/mol. The molecule has 11 aromatic carbocycles. The van der Waals surface area contributed by atoms with E-state index in [4.69, 9.17) is 0 Å². The molecule has 0 saturated heterocycles. The van der Waals surface area contributed by atoms with Gasteiger partial charge in [-0.1, -0.05) is 200 Å². The predicted molar refractivity (Wildman–Crippen MR) is 298 cm³/mol. The Labute approximate surface area is 409 Å². The van der Waals surface area contributed by atoms with Crippen molar-refractivity contribution in [3.63, 3.8) is 0 Å². The Bertz CT molecular complexity index is 3550. The van der Waals surface area contributed by atoms with E-state index in [1.807, 2.05) is 36.4 Å². The molecule has 3 heteroatoms. The quantitative estimate of drug-likeness (QED) is 0.0654. The first-order valence-corrected chi connectivity index (χ1v) is 23.7. The molecule has 0 saturated carbocycles. The van der Waals surface area contributed by atoms with Crippen molar-refractivity contribution in [2.24, 2.45) is 0 Å². The van der Waals surface area contributed by atoms with Crippen LogP contribution >= 0.6 is 0 Å². The molecule has 0 N–H and O–H groups in total. The molecule has 0 aliphatic rings. The van der Waals surface area contributed by atoms with Crippen LogP contribution in [0.4, 0.5) is 34.1 Å². The van der Waals surface area contributed by atoms with Gasteiger partial charge in [-0.3, -0.25) is 4.79 Å². The molecular formula is C67H48N2O. The molecule has 332 valence electrons. The van der Waals surface area contributed by atoms with Gasteiger partial charge in [0.2, 0.25) is 0 Å². The number of hydrogen-bond donors (Lipinski definition) is 0. The lowest BCUT2D eigenvalue weighted by atomic mass is 9.86. The first-order valence-electron chi connectivity index (χ1n) is 23.7. The van der Waals surface area contributed by atoms with Crippen molar-refractivity contribution in [2.75, 3.05) is 9.80 Å². The van der Waals surface area contributed by atoms with Gasteiger partial charge in [0.1, 0.15) is 6.29 Å². The Morgan fingerprint density at radius 3 is 0.786 bits per heavy atom. The van der Waals surface area contributed by atoms with Crippen molar-refractivity contribution < 1.29 is 4.79 Å². The zero-order valence-electron chi connectivity index (χ0n) is 38.5. The second kappa shape index (κ2) is 19.9. The van der Waals surface area contributed by atoms with Gasteiger partial charge in [-0.2, -0.15) is 0 Å². The number of hydrogen-bond acceptors (Lipinski definition) is 3. The maximum absolute atomic E-state index is 11.7. The molecule has 70 heavy (non-hydrogen) atoms. The molecule has 11 rings (SSSR count). The average molecular weight is 897 g/mol. The van der Waals surface area contributed by atoms with Crippen LogP contribution < -0.4 is 9.80 Å². The fraction of sp³-hybridized carbons (Fsp3) is 0. The fourth-order valence-electron chi connectivity index (χ4n) is 9.46. The van der Waals surface area contributed by atoms with Gasteiger partial charge in [-0.05, 0) is 151 Å². The van der Waals surface area contributed by atoms with Gasteiger partial charge < -0.3 is 9.80 Å². The van der Waals surface area contributed by atoms with Gasteiger partial charge in [0.05, 0.1) is 0 Å². The van der Waals surface area contributed by atoms with Gasteiger partial charge in [0.15, 0.2) is 0 Å². The van der Waals surface area contributed by atoms with Crippen LogP contribution in [-0.2, 0) is 0 Å². The maximum atomic E-state index is 11.7. The Hall–Kier alpha value is -9.31. The molecular weight excluding hydrogens is 849 g/mol. The summed E-state index contributed by atoms with van der Waals surface area (Å²) >= 11 is 0. The van der Waals surface area contributed by atoms with Crippen molar-refractivity contribution in [1.29, 1.82) is 0 Å². The second-order valence-corrected chi connectivity index (χ2v) is 17.3. The molecule has 0 radical (unpaired) electrons. The van der Waals surface area contributed by atoms with E-state index in [-0.39, 0.29) is 0 Å². The molecule has 0 bridgehead atoms. The number of fused-ring (bicyclic) bond motifs is 2. The molecule has 0 fully saturated rings. The van der Waals surface area contributed by atoms with Crippen LogP contribution in [0.2, 0.25) is 0 Å². The van der Waals surface area contributed by atoms with E-state index in [2.05, 4.69) is 259 Å². The van der Waals surface area contributed by atoms with Gasteiger partial charge >= 0.3 is 0 Å². The third kappa shape index (κ3) is 9.08. The third-order valence-corrected chi connectivity index (χ3v) is 12.9. The number of nitrogens with zero attached hydrogens (tertiary/aromatic N) is 2. The van der Waals surface area contributed by atoms with E-state index in [9.17, 15) is 4.79 Å². The first-order chi connectivity index (χ1) is 34.7. The van der Waals surface area contributed by atoms with Gasteiger partial charge in [-0.15, -0.1) is 0 Å². The second-order valence-electron chi connectivity index (χ2n) is 17.3. The molecule has 0 aliphatic heterocycles. The van der Waals surface area contributed by atoms with E-state index in [1.54, 1.807) is 0 Å². The third-order valence-electron chi connectivity index (χ3n) is 12.9. The summed E-state index contributed by atoms with van der Waals surface area (Å²) in [4.78, 5) is 16.2. The minimum Gasteiger partial charge on any atom is -0.311 e. The number of carbonyl (C=O) groups is 1. The Kier molecular flexibility index (Phi) is 12.3. The van der Waals surface area contributed by atoms with Crippen LogP contribution in [0.25, 0.3) is 68.1 Å². The van der Waals surface area contributed by atoms with Crippen LogP contribution in [-0.4, -0.2) is 6.29 Å². The van der Waals surface area contributed by atoms with Crippen molar-refractivity contribution in [2.45, 2.75) is 0 Å². The van der Waals surface area contributed by atoms with Crippen LogP contribution in [0.1, 0.15) is 32.6 Å². The van der Waals surface area contributed by atoms with Gasteiger partial charge in [0.25, 0.3) is 0 Å². The predicted octanol–water partition coefficient (Wildman–Crippen LogP) is 18.4. The normalized spacial score (nSPS) is 11.4. The van der Waals surface area contributed by atoms with Crippen molar-refractivity contribution in [3.8, 4) is 22.3 Å². The van der Waals surface area contributed by atoms with Crippen molar-refractivity contribution in [3.05, 3.63) is 289 Å². The highest BCUT2D eigenvalue weighted by molar-refractivity contribution is 6.21. The highest BCUT2D eigenvalue weighted by Crippen LogP contribution is 2.45. The van der Waals surface area contributed by atoms with Crippen molar-refractivity contribution >= 4 is 86.3 Å². The lowest BCUT2D eigenvalue weighted by molar-refractivity contribution is 0.112. The Morgan fingerprint density at radius 2 is 0.471 bits per heavy atom. The summed E-state index contributed by atoms with van der Waals surface area (Å²) in [6.07, 6.45) is 9.47. The van der Waals surface area contributed by atoms with E-state index < -0.39 is 0 Å². The van der Waals surface area contributed by atoms with Crippen LogP contribution in [0, 0.1) is 0 Å². The topological polar surface area (TPSA) is 23.6 Å². The highest BCUT2D eigenvalue weighted by atomic mass is 16.1. The van der Waals surface area contributed by atoms with E-state index in [1.165, 1.54) is 38.2 Å². The summed E-state index contributed by atoms with van der Waals surface area (Å²) in [6.45, 7) is 0. The fourth-order valence-corrected chi connectivity index (χ4v) is 9.46. The summed E-state index contributed by atoms with van der Waals surface area (Å²) in [5.74, 6) is 0. The Morgan fingerprint density at radius 1 is 0.229 bits per heavy atom. The zero-order chi connectivity index (χ0) is 47.1. The molecule has 3 nitrogen and oxygen atoms in total. The smallest absolute Gasteiger partial charge is 0.150 e. The molecule has 0 aliphatic carbocycles. The number of carbonyl (C=O) groups excluding carboxylic acids is 1. The lowest BCUT2D eigenvalue weighted by Crippen LogP contribution is -2.10. The van der Waals surface area contributed by atoms with Gasteiger partial charge in [0, 0.05) is 39.7 Å². The first kappa shape index (κ1) is 43.3. The summed E-state index contributed by atoms with van der Waals surface area (Å²) in [5, 5.41) is 4.79. The number of anilines is 6. The minimum atomic E-state index is 0.641. The Balaban J connectivity index is 0.943. The summed E-state index contributed by atoms with van der Waals surface area (Å²) in [7, 11) is 0. The summed E-state index contributed by atoms with van der Waals surface area (Å²) in [6, 6.07) is 92.0. The zero-order valence-corrected chi connectivity index (χ0v) is 38.5. The molecule has 0 atom stereocenters. The van der Waals surface area contributed by atoms with Crippen LogP contribution in [0.3, 0.4) is 0 Å². The molecule has 0 spiro atoms. The van der Waals surface area contributed by atoms with E-state index >= 15 is 0 Å². The van der Waals surface area contributed by atoms with E-state index in [0.717, 1.165) is 68.2 Å². The van der Waals surface area contributed by atoms with E-state index in [0.29, 0.717) is 5.56 Å². The molecule has 0 aromatic heterocycles. The standard InChI is InChI=1S/C67H48N2O/c70-48-53-32-42-59(43-33-53)69(58-40-30-52(31-41-58)27-25-50-16-6-2-7-17-50)61-46-36-55(37-47-61)67-64-22-12-10-20-62(64)66(63-21-11-13-23-65(63)67)54-34-44-60(45-35-54)68(56-18-8-3-9-19-56)57-38-28-51(29-39-57)26-24-49-14-4-1-5-15-49/h1-48H/b26-24+,27-25+.